The minimum atomic E-state index is -0.358. The Bertz CT molecular complexity index is 881. The number of nitro groups is 1. The normalized spacial score (nSPS) is 30.7. The van der Waals surface area contributed by atoms with Crippen LogP contribution in [0.1, 0.15) is 57.1 Å². The quantitative estimate of drug-likeness (QED) is 0.533. The number of rotatable bonds is 6. The van der Waals surface area contributed by atoms with Crippen LogP contribution in [0.25, 0.3) is 0 Å². The van der Waals surface area contributed by atoms with Gasteiger partial charge in [-0.2, -0.15) is 0 Å². The van der Waals surface area contributed by atoms with Gasteiger partial charge in [-0.05, 0) is 68.8 Å². The average molecular weight is 393 g/mol. The highest BCUT2D eigenvalue weighted by atomic mass is 16.6. The number of aromatic nitrogens is 2. The van der Waals surface area contributed by atoms with E-state index in [2.05, 4.69) is 20.6 Å². The summed E-state index contributed by atoms with van der Waals surface area (Å²) in [6.07, 6.45) is 8.71. The van der Waals surface area contributed by atoms with E-state index < -0.39 is 0 Å². The van der Waals surface area contributed by atoms with Crippen LogP contribution in [0.15, 0.2) is 36.7 Å². The molecule has 0 aliphatic heterocycles. The molecular weight excluding hydrogens is 366 g/mol. The van der Waals surface area contributed by atoms with Gasteiger partial charge < -0.3 is 10.6 Å². The molecule has 1 atom stereocenters. The fourth-order valence-corrected chi connectivity index (χ4v) is 6.29. The first-order valence-corrected chi connectivity index (χ1v) is 10.6. The Morgan fingerprint density at radius 3 is 2.21 bits per heavy atom. The lowest BCUT2D eigenvalue weighted by molar-refractivity contribution is -0.383. The van der Waals surface area contributed by atoms with Gasteiger partial charge in [-0.25, -0.2) is 9.97 Å². The van der Waals surface area contributed by atoms with E-state index in [1.165, 1.54) is 25.6 Å². The number of hydrogen-bond acceptors (Lipinski definition) is 6. The maximum absolute atomic E-state index is 12.0. The largest absolute Gasteiger partial charge is 0.359 e. The molecule has 4 aliphatic carbocycles. The molecule has 4 fully saturated rings. The van der Waals surface area contributed by atoms with Gasteiger partial charge in [0.25, 0.3) is 0 Å². The molecule has 1 aromatic heterocycles. The third kappa shape index (κ3) is 3.43. The summed E-state index contributed by atoms with van der Waals surface area (Å²) in [6, 6.07) is 9.77. The van der Waals surface area contributed by atoms with E-state index in [9.17, 15) is 10.1 Å². The third-order valence-corrected chi connectivity index (χ3v) is 7.08. The van der Waals surface area contributed by atoms with Crippen molar-refractivity contribution in [2.75, 3.05) is 10.6 Å². The second-order valence-electron chi connectivity index (χ2n) is 9.28. The van der Waals surface area contributed by atoms with Crippen molar-refractivity contribution in [2.45, 2.75) is 57.0 Å². The first-order valence-electron chi connectivity index (χ1n) is 10.6. The number of benzene rings is 1. The highest BCUT2D eigenvalue weighted by Crippen LogP contribution is 2.57. The minimum Gasteiger partial charge on any atom is -0.359 e. The summed E-state index contributed by atoms with van der Waals surface area (Å²) in [5.41, 5.74) is 0.956. The Morgan fingerprint density at radius 1 is 1.03 bits per heavy atom. The summed E-state index contributed by atoms with van der Waals surface area (Å²) >= 11 is 0. The molecule has 29 heavy (non-hydrogen) atoms. The average Bonchev–Trinajstić information content (AvgIpc) is 2.67. The second-order valence-corrected chi connectivity index (χ2v) is 9.28. The molecule has 1 aromatic carbocycles. The van der Waals surface area contributed by atoms with E-state index in [-0.39, 0.29) is 28.0 Å². The Kier molecular flexibility index (Phi) is 4.41. The van der Waals surface area contributed by atoms with E-state index in [4.69, 9.17) is 0 Å². The fraction of sp³-hybridized carbons (Fsp3) is 0.545. The zero-order chi connectivity index (χ0) is 20.0. The molecule has 4 saturated carbocycles. The van der Waals surface area contributed by atoms with Gasteiger partial charge in [0.1, 0.15) is 6.33 Å². The highest BCUT2D eigenvalue weighted by molar-refractivity contribution is 5.70. The first kappa shape index (κ1) is 18.3. The van der Waals surface area contributed by atoms with Crippen LogP contribution in [0.4, 0.5) is 17.3 Å². The van der Waals surface area contributed by atoms with Crippen molar-refractivity contribution in [1.82, 2.24) is 9.97 Å². The predicted molar refractivity (Wildman–Crippen MR) is 112 cm³/mol. The zero-order valence-corrected chi connectivity index (χ0v) is 16.7. The lowest BCUT2D eigenvalue weighted by Gasteiger charge is -2.57. The molecule has 7 nitrogen and oxygen atoms in total. The summed E-state index contributed by atoms with van der Waals surface area (Å²) < 4.78 is 0. The summed E-state index contributed by atoms with van der Waals surface area (Å²) in [4.78, 5) is 20.2. The molecule has 152 valence electrons. The van der Waals surface area contributed by atoms with Gasteiger partial charge in [-0.15, -0.1) is 0 Å². The molecule has 0 radical (unpaired) electrons. The summed E-state index contributed by atoms with van der Waals surface area (Å²) in [6.45, 7) is 1.98. The van der Waals surface area contributed by atoms with Crippen molar-refractivity contribution in [3.05, 3.63) is 52.3 Å². The van der Waals surface area contributed by atoms with Gasteiger partial charge in [-0.3, -0.25) is 10.1 Å². The van der Waals surface area contributed by atoms with Crippen LogP contribution in [0, 0.1) is 27.9 Å². The van der Waals surface area contributed by atoms with Gasteiger partial charge in [0.15, 0.2) is 0 Å². The first-order chi connectivity index (χ1) is 14.0. The van der Waals surface area contributed by atoms with Crippen molar-refractivity contribution in [3.63, 3.8) is 0 Å². The van der Waals surface area contributed by atoms with Gasteiger partial charge in [-0.1, -0.05) is 30.3 Å². The molecule has 0 spiro atoms. The molecule has 0 amide bonds. The fourth-order valence-electron chi connectivity index (χ4n) is 6.29. The van der Waals surface area contributed by atoms with Crippen LogP contribution in [-0.4, -0.2) is 20.4 Å². The zero-order valence-electron chi connectivity index (χ0n) is 16.7. The van der Waals surface area contributed by atoms with Crippen LogP contribution < -0.4 is 10.6 Å². The van der Waals surface area contributed by atoms with Crippen LogP contribution in [0.2, 0.25) is 0 Å². The molecule has 2 aromatic rings. The van der Waals surface area contributed by atoms with Crippen LogP contribution in [-0.2, 0) is 0 Å². The smallest absolute Gasteiger partial charge is 0.353 e. The molecule has 1 unspecified atom stereocenters. The van der Waals surface area contributed by atoms with E-state index in [1.54, 1.807) is 0 Å². The molecule has 6 rings (SSSR count). The van der Waals surface area contributed by atoms with Crippen molar-refractivity contribution in [1.29, 1.82) is 0 Å². The summed E-state index contributed by atoms with van der Waals surface area (Å²) in [5, 5.41) is 18.8. The summed E-state index contributed by atoms with van der Waals surface area (Å²) in [5.74, 6) is 2.89. The Hall–Kier alpha value is -2.70. The van der Waals surface area contributed by atoms with Crippen LogP contribution in [0.3, 0.4) is 0 Å². The molecule has 4 bridgehead atoms. The molecule has 2 N–H and O–H groups in total. The molecule has 4 aliphatic rings. The van der Waals surface area contributed by atoms with E-state index in [0.29, 0.717) is 5.82 Å². The number of nitrogens with one attached hydrogen (secondary N) is 2. The Morgan fingerprint density at radius 2 is 1.62 bits per heavy atom. The number of hydrogen-bond donors (Lipinski definition) is 2. The van der Waals surface area contributed by atoms with Gasteiger partial charge >= 0.3 is 5.69 Å². The summed E-state index contributed by atoms with van der Waals surface area (Å²) in [7, 11) is 0. The van der Waals surface area contributed by atoms with E-state index in [1.807, 2.05) is 37.3 Å². The number of nitrogens with zero attached hydrogens (tertiary/aromatic N) is 3. The lowest BCUT2D eigenvalue weighted by atomic mass is 9.53. The SMILES string of the molecule is CC(Nc1ncnc(NC23CC4CC(CC(C4)C2)C3)c1[N+](=O)[O-])c1ccccc1. The second kappa shape index (κ2) is 6.97. The number of anilines is 2. The standard InChI is InChI=1S/C22H27N5O2/c1-14(18-5-3-2-4-6-18)25-20-19(27(28)29)21(24-13-23-20)26-22-10-15-7-16(11-22)9-17(8-15)12-22/h2-6,13-17H,7-12H2,1H3,(H2,23,24,25,26). The van der Waals surface area contributed by atoms with Gasteiger partial charge in [0, 0.05) is 5.54 Å². The minimum absolute atomic E-state index is 0.0455. The Labute approximate surface area is 170 Å². The molecular formula is C22H27N5O2. The van der Waals surface area contributed by atoms with Crippen molar-refractivity contribution < 1.29 is 4.92 Å². The monoisotopic (exact) mass is 393 g/mol. The molecule has 7 heteroatoms. The van der Waals surface area contributed by atoms with Crippen molar-refractivity contribution >= 4 is 17.3 Å². The van der Waals surface area contributed by atoms with Crippen LogP contribution in [0.5, 0.6) is 0 Å². The van der Waals surface area contributed by atoms with Gasteiger partial charge in [0.2, 0.25) is 11.6 Å². The van der Waals surface area contributed by atoms with E-state index >= 15 is 0 Å². The highest BCUT2D eigenvalue weighted by Gasteiger charge is 2.51. The predicted octanol–water partition coefficient (Wildman–Crippen LogP) is 4.94. The van der Waals surface area contributed by atoms with Crippen molar-refractivity contribution in [3.8, 4) is 0 Å². The topological polar surface area (TPSA) is 93.0 Å². The maximum atomic E-state index is 12.0. The molecule has 1 heterocycles. The van der Waals surface area contributed by atoms with Crippen molar-refractivity contribution in [2.24, 2.45) is 17.8 Å². The molecule has 0 saturated heterocycles. The maximum Gasteiger partial charge on any atom is 0.353 e. The van der Waals surface area contributed by atoms with Crippen LogP contribution >= 0.6 is 0 Å². The third-order valence-electron chi connectivity index (χ3n) is 7.08. The Balaban J connectivity index is 1.43. The van der Waals surface area contributed by atoms with E-state index in [0.717, 1.165) is 42.6 Å². The van der Waals surface area contributed by atoms with Gasteiger partial charge in [0.05, 0.1) is 11.0 Å². The lowest BCUT2D eigenvalue weighted by Crippen LogP contribution is -2.55.